The fourth-order valence-electron chi connectivity index (χ4n) is 2.38. The van der Waals surface area contributed by atoms with E-state index in [4.69, 9.17) is 9.47 Å². The van der Waals surface area contributed by atoms with E-state index in [1.807, 2.05) is 19.1 Å². The van der Waals surface area contributed by atoms with Crippen LogP contribution in [0.2, 0.25) is 0 Å². The molecule has 2 rings (SSSR count). The first-order chi connectivity index (χ1) is 10.7. The summed E-state index contributed by atoms with van der Waals surface area (Å²) in [4.78, 5) is 27.5. The van der Waals surface area contributed by atoms with Crippen LogP contribution in [-0.4, -0.2) is 61.2 Å². The number of nitrogens with zero attached hydrogens (tertiary/aromatic N) is 2. The van der Waals surface area contributed by atoms with E-state index in [-0.39, 0.29) is 12.0 Å². The zero-order valence-corrected chi connectivity index (χ0v) is 13.1. The van der Waals surface area contributed by atoms with Crippen molar-refractivity contribution in [2.24, 2.45) is 0 Å². The van der Waals surface area contributed by atoms with Gasteiger partial charge in [-0.3, -0.25) is 4.79 Å². The lowest BCUT2D eigenvalue weighted by Crippen LogP contribution is -2.50. The summed E-state index contributed by atoms with van der Waals surface area (Å²) in [5, 5.41) is 0. The Hall–Kier alpha value is -2.24. The molecule has 1 aliphatic rings. The van der Waals surface area contributed by atoms with E-state index in [1.165, 1.54) is 0 Å². The minimum absolute atomic E-state index is 0.0370. The lowest BCUT2D eigenvalue weighted by Gasteiger charge is -2.34. The fraction of sp³-hybridized carbons (Fsp3) is 0.500. The van der Waals surface area contributed by atoms with Gasteiger partial charge in [-0.15, -0.1) is 0 Å². The summed E-state index contributed by atoms with van der Waals surface area (Å²) in [6.07, 6.45) is -0.312. The number of hydrogen-bond donors (Lipinski definition) is 0. The quantitative estimate of drug-likeness (QED) is 0.853. The highest BCUT2D eigenvalue weighted by Gasteiger charge is 2.25. The Morgan fingerprint density at radius 3 is 2.36 bits per heavy atom. The molecule has 0 aromatic heterocycles. The van der Waals surface area contributed by atoms with Gasteiger partial charge in [0.25, 0.3) is 5.91 Å². The predicted octanol–water partition coefficient (Wildman–Crippen LogP) is 2.00. The summed E-state index contributed by atoms with van der Waals surface area (Å²) in [6, 6.07) is 7.18. The maximum Gasteiger partial charge on any atom is 0.409 e. The molecule has 6 nitrogen and oxygen atoms in total. The number of hydrogen-bond acceptors (Lipinski definition) is 4. The van der Waals surface area contributed by atoms with Crippen LogP contribution in [0.5, 0.6) is 5.75 Å². The Morgan fingerprint density at radius 1 is 1.05 bits per heavy atom. The molecule has 0 radical (unpaired) electrons. The Labute approximate surface area is 130 Å². The first kappa shape index (κ1) is 16.1. The van der Waals surface area contributed by atoms with E-state index in [1.54, 1.807) is 28.9 Å². The molecule has 1 saturated heterocycles. The van der Waals surface area contributed by atoms with Gasteiger partial charge >= 0.3 is 6.09 Å². The summed E-state index contributed by atoms with van der Waals surface area (Å²) in [6.45, 7) is 6.63. The second-order valence-corrected chi connectivity index (χ2v) is 4.94. The zero-order chi connectivity index (χ0) is 15.9. The van der Waals surface area contributed by atoms with Crippen molar-refractivity contribution in [2.45, 2.75) is 13.8 Å². The number of ether oxygens (including phenoxy) is 2. The summed E-state index contributed by atoms with van der Waals surface area (Å²) in [7, 11) is 0. The average molecular weight is 306 g/mol. The van der Waals surface area contributed by atoms with Gasteiger partial charge in [-0.05, 0) is 32.0 Å². The molecule has 1 aromatic rings. The molecule has 0 N–H and O–H groups in total. The lowest BCUT2D eigenvalue weighted by molar-refractivity contribution is 0.0570. The SMILES string of the molecule is CCOC(=O)N1CCN(C(=O)c2cccc(OCC)c2)CC1. The zero-order valence-electron chi connectivity index (χ0n) is 13.1. The monoisotopic (exact) mass is 306 g/mol. The van der Waals surface area contributed by atoms with E-state index in [0.717, 1.165) is 0 Å². The molecule has 120 valence electrons. The van der Waals surface area contributed by atoms with Crippen LogP contribution in [0, 0.1) is 0 Å². The van der Waals surface area contributed by atoms with Crippen LogP contribution in [0.3, 0.4) is 0 Å². The van der Waals surface area contributed by atoms with Crippen molar-refractivity contribution in [1.82, 2.24) is 9.80 Å². The van der Waals surface area contributed by atoms with Crippen molar-refractivity contribution in [3.8, 4) is 5.75 Å². The van der Waals surface area contributed by atoms with Crippen LogP contribution < -0.4 is 4.74 Å². The molecule has 2 amide bonds. The predicted molar refractivity (Wildman–Crippen MR) is 82.1 cm³/mol. The highest BCUT2D eigenvalue weighted by molar-refractivity contribution is 5.94. The van der Waals surface area contributed by atoms with E-state index in [9.17, 15) is 9.59 Å². The molecular weight excluding hydrogens is 284 g/mol. The third kappa shape index (κ3) is 3.90. The van der Waals surface area contributed by atoms with Gasteiger partial charge in [0.05, 0.1) is 13.2 Å². The van der Waals surface area contributed by atoms with Gasteiger partial charge in [-0.25, -0.2) is 4.79 Å². The molecule has 0 aliphatic carbocycles. The van der Waals surface area contributed by atoms with Gasteiger partial charge in [0.15, 0.2) is 0 Å². The van der Waals surface area contributed by atoms with Crippen molar-refractivity contribution >= 4 is 12.0 Å². The Kier molecular flexibility index (Phi) is 5.63. The van der Waals surface area contributed by atoms with E-state index < -0.39 is 0 Å². The summed E-state index contributed by atoms with van der Waals surface area (Å²) >= 11 is 0. The molecule has 0 spiro atoms. The second kappa shape index (κ2) is 7.68. The average Bonchev–Trinajstić information content (AvgIpc) is 2.55. The maximum atomic E-state index is 12.5. The number of rotatable bonds is 4. The highest BCUT2D eigenvalue weighted by Crippen LogP contribution is 2.16. The minimum atomic E-state index is -0.312. The van der Waals surface area contributed by atoms with E-state index >= 15 is 0 Å². The van der Waals surface area contributed by atoms with Gasteiger partial charge < -0.3 is 19.3 Å². The van der Waals surface area contributed by atoms with Crippen molar-refractivity contribution in [2.75, 3.05) is 39.4 Å². The first-order valence-electron chi connectivity index (χ1n) is 7.59. The Morgan fingerprint density at radius 2 is 1.73 bits per heavy atom. The molecule has 6 heteroatoms. The summed E-state index contributed by atoms with van der Waals surface area (Å²) in [5.41, 5.74) is 0.607. The normalized spacial score (nSPS) is 14.6. The number of benzene rings is 1. The fourth-order valence-corrected chi connectivity index (χ4v) is 2.38. The third-order valence-corrected chi connectivity index (χ3v) is 3.48. The summed E-state index contributed by atoms with van der Waals surface area (Å²) < 4.78 is 10.4. The number of carbonyl (C=O) groups excluding carboxylic acids is 2. The van der Waals surface area contributed by atoms with Crippen LogP contribution in [0.4, 0.5) is 4.79 Å². The molecule has 22 heavy (non-hydrogen) atoms. The molecule has 0 saturated carbocycles. The third-order valence-electron chi connectivity index (χ3n) is 3.48. The van der Waals surface area contributed by atoms with Gasteiger partial charge in [0.2, 0.25) is 0 Å². The molecule has 0 bridgehead atoms. The molecular formula is C16H22N2O4. The maximum absolute atomic E-state index is 12.5. The number of carbonyl (C=O) groups is 2. The van der Waals surface area contributed by atoms with E-state index in [2.05, 4.69) is 0 Å². The molecule has 1 aliphatic heterocycles. The van der Waals surface area contributed by atoms with Crippen molar-refractivity contribution < 1.29 is 19.1 Å². The van der Waals surface area contributed by atoms with Crippen molar-refractivity contribution in [1.29, 1.82) is 0 Å². The second-order valence-electron chi connectivity index (χ2n) is 4.94. The standard InChI is InChI=1S/C16H22N2O4/c1-3-21-14-7-5-6-13(12-14)15(19)17-8-10-18(11-9-17)16(20)22-4-2/h5-7,12H,3-4,8-11H2,1-2H3. The Bertz CT molecular complexity index is 525. The van der Waals surface area contributed by atoms with Crippen LogP contribution in [0.15, 0.2) is 24.3 Å². The lowest BCUT2D eigenvalue weighted by atomic mass is 10.1. The van der Waals surface area contributed by atoms with Gasteiger partial charge in [0.1, 0.15) is 5.75 Å². The minimum Gasteiger partial charge on any atom is -0.494 e. The number of piperazine rings is 1. The van der Waals surface area contributed by atoms with Gasteiger partial charge in [-0.1, -0.05) is 6.07 Å². The molecule has 1 fully saturated rings. The summed E-state index contributed by atoms with van der Waals surface area (Å²) in [5.74, 6) is 0.656. The molecule has 1 heterocycles. The first-order valence-corrected chi connectivity index (χ1v) is 7.59. The molecule has 0 atom stereocenters. The smallest absolute Gasteiger partial charge is 0.409 e. The van der Waals surface area contributed by atoms with Crippen LogP contribution in [0.1, 0.15) is 24.2 Å². The number of amides is 2. The topological polar surface area (TPSA) is 59.1 Å². The van der Waals surface area contributed by atoms with Gasteiger partial charge in [-0.2, -0.15) is 0 Å². The largest absolute Gasteiger partial charge is 0.494 e. The van der Waals surface area contributed by atoms with Crippen molar-refractivity contribution in [3.05, 3.63) is 29.8 Å². The van der Waals surface area contributed by atoms with Crippen LogP contribution in [-0.2, 0) is 4.74 Å². The van der Waals surface area contributed by atoms with Crippen molar-refractivity contribution in [3.63, 3.8) is 0 Å². The van der Waals surface area contributed by atoms with Gasteiger partial charge in [0, 0.05) is 31.7 Å². The van der Waals surface area contributed by atoms with Crippen LogP contribution in [0.25, 0.3) is 0 Å². The van der Waals surface area contributed by atoms with Crippen LogP contribution >= 0.6 is 0 Å². The highest BCUT2D eigenvalue weighted by atomic mass is 16.6. The Balaban J connectivity index is 1.95. The van der Waals surface area contributed by atoms with E-state index in [0.29, 0.717) is 50.7 Å². The molecule has 0 unspecified atom stereocenters. The molecule has 1 aromatic carbocycles.